The molecule has 0 aliphatic rings. The highest BCUT2D eigenvalue weighted by atomic mass is 32.1. The molecule has 0 aromatic carbocycles. The quantitative estimate of drug-likeness (QED) is 0.651. The minimum absolute atomic E-state index is 0.663. The van der Waals surface area contributed by atoms with Crippen LogP contribution in [0.1, 0.15) is 9.67 Å². The normalized spacial score (nSPS) is 10.4. The number of carbonyl (C=O) groups excluding carboxylic acids is 1. The van der Waals surface area contributed by atoms with Crippen LogP contribution in [0.25, 0.3) is 0 Å². The second kappa shape index (κ2) is 7.38. The van der Waals surface area contributed by atoms with Gasteiger partial charge in [0, 0.05) is 38.4 Å². The maximum absolute atomic E-state index is 10.6. The number of methoxy groups -OCH3 is 2. The van der Waals surface area contributed by atoms with Gasteiger partial charge in [0.2, 0.25) is 0 Å². The highest BCUT2D eigenvalue weighted by Crippen LogP contribution is 2.21. The molecule has 0 aliphatic heterocycles. The van der Waals surface area contributed by atoms with Crippen molar-refractivity contribution < 1.29 is 14.3 Å². The number of hydrogen-bond donors (Lipinski definition) is 0. The van der Waals surface area contributed by atoms with Gasteiger partial charge in [-0.25, -0.2) is 0 Å². The van der Waals surface area contributed by atoms with E-state index in [4.69, 9.17) is 9.47 Å². The first kappa shape index (κ1) is 13.2. The van der Waals surface area contributed by atoms with Crippen molar-refractivity contribution in [2.45, 2.75) is 0 Å². The van der Waals surface area contributed by atoms with Gasteiger partial charge in [-0.3, -0.25) is 4.79 Å². The van der Waals surface area contributed by atoms with Gasteiger partial charge in [0.1, 0.15) is 0 Å². The van der Waals surface area contributed by atoms with E-state index in [9.17, 15) is 4.79 Å². The second-order valence-corrected chi connectivity index (χ2v) is 4.24. The van der Waals surface area contributed by atoms with Crippen LogP contribution < -0.4 is 4.90 Å². The summed E-state index contributed by atoms with van der Waals surface area (Å²) in [6.45, 7) is 2.93. The molecule has 16 heavy (non-hydrogen) atoms. The summed E-state index contributed by atoms with van der Waals surface area (Å²) in [6, 6.07) is 1.89. The van der Waals surface area contributed by atoms with Crippen molar-refractivity contribution in [3.63, 3.8) is 0 Å². The largest absolute Gasteiger partial charge is 0.383 e. The Hall–Kier alpha value is -0.910. The van der Waals surface area contributed by atoms with Gasteiger partial charge < -0.3 is 14.4 Å². The molecule has 0 amide bonds. The summed E-state index contributed by atoms with van der Waals surface area (Å²) in [5.41, 5.74) is 1.06. The van der Waals surface area contributed by atoms with E-state index in [0.29, 0.717) is 13.2 Å². The summed E-state index contributed by atoms with van der Waals surface area (Å²) >= 11 is 1.45. The fourth-order valence-electron chi connectivity index (χ4n) is 1.34. The highest BCUT2D eigenvalue weighted by Gasteiger charge is 2.08. The van der Waals surface area contributed by atoms with Crippen LogP contribution in [0.15, 0.2) is 11.4 Å². The van der Waals surface area contributed by atoms with Gasteiger partial charge in [0.05, 0.1) is 18.1 Å². The zero-order valence-electron chi connectivity index (χ0n) is 9.64. The van der Waals surface area contributed by atoms with Crippen LogP contribution in [0.2, 0.25) is 0 Å². The lowest BCUT2D eigenvalue weighted by molar-refractivity contribution is 0.112. The van der Waals surface area contributed by atoms with Gasteiger partial charge in [-0.05, 0) is 6.07 Å². The van der Waals surface area contributed by atoms with Gasteiger partial charge in [0.25, 0.3) is 0 Å². The van der Waals surface area contributed by atoms with Crippen LogP contribution in [0, 0.1) is 0 Å². The summed E-state index contributed by atoms with van der Waals surface area (Å²) in [5, 5.41) is 1.98. The van der Waals surface area contributed by atoms with E-state index < -0.39 is 0 Å². The van der Waals surface area contributed by atoms with Crippen LogP contribution in [0.3, 0.4) is 0 Å². The van der Waals surface area contributed by atoms with Crippen LogP contribution in [0.4, 0.5) is 5.69 Å². The topological polar surface area (TPSA) is 38.8 Å². The molecule has 0 unspecified atom stereocenters. The Bertz CT molecular complexity index is 306. The third kappa shape index (κ3) is 3.92. The molecule has 0 aliphatic carbocycles. The monoisotopic (exact) mass is 243 g/mol. The smallest absolute Gasteiger partial charge is 0.160 e. The molecule has 1 aromatic heterocycles. The Morgan fingerprint density at radius 1 is 1.31 bits per heavy atom. The van der Waals surface area contributed by atoms with Crippen LogP contribution in [-0.2, 0) is 9.47 Å². The second-order valence-electron chi connectivity index (χ2n) is 3.30. The molecule has 0 saturated carbocycles. The van der Waals surface area contributed by atoms with Gasteiger partial charge >= 0.3 is 0 Å². The fourth-order valence-corrected chi connectivity index (χ4v) is 2.06. The molecule has 0 spiro atoms. The number of thiophene rings is 1. The lowest BCUT2D eigenvalue weighted by Gasteiger charge is -2.22. The number of carbonyl (C=O) groups is 1. The average Bonchev–Trinajstić information content (AvgIpc) is 2.78. The lowest BCUT2D eigenvalue weighted by atomic mass is 10.3. The zero-order valence-corrected chi connectivity index (χ0v) is 10.5. The summed E-state index contributed by atoms with van der Waals surface area (Å²) in [5.74, 6) is 0. The summed E-state index contributed by atoms with van der Waals surface area (Å²) in [4.78, 5) is 13.5. The molecule has 0 fully saturated rings. The van der Waals surface area contributed by atoms with Crippen LogP contribution in [-0.4, -0.2) is 46.8 Å². The predicted molar refractivity (Wildman–Crippen MR) is 65.7 cm³/mol. The van der Waals surface area contributed by atoms with E-state index in [1.165, 1.54) is 11.3 Å². The molecule has 0 radical (unpaired) electrons. The van der Waals surface area contributed by atoms with Crippen molar-refractivity contribution >= 4 is 23.3 Å². The van der Waals surface area contributed by atoms with Gasteiger partial charge in [0.15, 0.2) is 6.29 Å². The number of rotatable bonds is 8. The number of anilines is 1. The van der Waals surface area contributed by atoms with E-state index in [2.05, 4.69) is 4.90 Å². The highest BCUT2D eigenvalue weighted by molar-refractivity contribution is 7.12. The van der Waals surface area contributed by atoms with Crippen LogP contribution >= 0.6 is 11.3 Å². The maximum Gasteiger partial charge on any atom is 0.160 e. The molecule has 5 heteroatoms. The van der Waals surface area contributed by atoms with Crippen molar-refractivity contribution in [1.29, 1.82) is 0 Å². The molecular formula is C11H17NO3S. The van der Waals surface area contributed by atoms with Crippen molar-refractivity contribution in [2.75, 3.05) is 45.4 Å². The minimum Gasteiger partial charge on any atom is -0.383 e. The number of nitrogens with zero attached hydrogens (tertiary/aromatic N) is 1. The first-order chi connectivity index (χ1) is 7.81. The van der Waals surface area contributed by atoms with Crippen LogP contribution in [0.5, 0.6) is 0 Å². The molecule has 1 aromatic rings. The molecule has 90 valence electrons. The van der Waals surface area contributed by atoms with Gasteiger partial charge in [-0.1, -0.05) is 0 Å². The summed E-state index contributed by atoms with van der Waals surface area (Å²) < 4.78 is 10.1. The Labute approximate surface area is 99.8 Å². The first-order valence-electron chi connectivity index (χ1n) is 5.08. The fraction of sp³-hybridized carbons (Fsp3) is 0.545. The van der Waals surface area contributed by atoms with E-state index in [0.717, 1.165) is 29.9 Å². The van der Waals surface area contributed by atoms with E-state index >= 15 is 0 Å². The summed E-state index contributed by atoms with van der Waals surface area (Å²) in [7, 11) is 3.36. The zero-order chi connectivity index (χ0) is 11.8. The predicted octanol–water partition coefficient (Wildman–Crippen LogP) is 1.66. The molecule has 0 N–H and O–H groups in total. The molecule has 0 saturated heterocycles. The third-order valence-electron chi connectivity index (χ3n) is 2.22. The lowest BCUT2D eigenvalue weighted by Crippen LogP contribution is -2.30. The third-order valence-corrected chi connectivity index (χ3v) is 3.06. The average molecular weight is 243 g/mol. The SMILES string of the molecule is COCCN(CCOC)c1csc(C=O)c1. The molecular weight excluding hydrogens is 226 g/mol. The maximum atomic E-state index is 10.6. The van der Waals surface area contributed by atoms with Gasteiger partial charge in [-0.2, -0.15) is 0 Å². The molecule has 4 nitrogen and oxygen atoms in total. The van der Waals surface area contributed by atoms with Crippen molar-refractivity contribution in [1.82, 2.24) is 0 Å². The molecule has 0 atom stereocenters. The summed E-state index contributed by atoms with van der Waals surface area (Å²) in [6.07, 6.45) is 0.874. The minimum atomic E-state index is 0.663. The number of ether oxygens (including phenoxy) is 2. The van der Waals surface area contributed by atoms with E-state index in [-0.39, 0.29) is 0 Å². The Kier molecular flexibility index (Phi) is 6.07. The number of hydrogen-bond acceptors (Lipinski definition) is 5. The van der Waals surface area contributed by atoms with E-state index in [1.807, 2.05) is 11.4 Å². The molecule has 0 bridgehead atoms. The Morgan fingerprint density at radius 3 is 2.38 bits per heavy atom. The Morgan fingerprint density at radius 2 is 1.94 bits per heavy atom. The standard InChI is InChI=1S/C11H17NO3S/c1-14-5-3-12(4-6-15-2)10-7-11(8-13)16-9-10/h7-9H,3-6H2,1-2H3. The first-order valence-corrected chi connectivity index (χ1v) is 5.96. The van der Waals surface area contributed by atoms with Crippen molar-refractivity contribution in [2.24, 2.45) is 0 Å². The number of aldehydes is 1. The Balaban J connectivity index is 2.62. The van der Waals surface area contributed by atoms with Gasteiger partial charge in [-0.15, -0.1) is 11.3 Å². The molecule has 1 rings (SSSR count). The van der Waals surface area contributed by atoms with Crippen molar-refractivity contribution in [3.05, 3.63) is 16.3 Å². The van der Waals surface area contributed by atoms with Crippen molar-refractivity contribution in [3.8, 4) is 0 Å². The molecule has 1 heterocycles. The van der Waals surface area contributed by atoms with E-state index in [1.54, 1.807) is 14.2 Å².